The highest BCUT2D eigenvalue weighted by Gasteiger charge is 2.22. The summed E-state index contributed by atoms with van der Waals surface area (Å²) < 4.78 is 0. The van der Waals surface area contributed by atoms with Crippen molar-refractivity contribution in [3.8, 4) is 0 Å². The zero-order valence-electron chi connectivity index (χ0n) is 11.0. The molecule has 0 amide bonds. The van der Waals surface area contributed by atoms with Crippen molar-refractivity contribution in [2.24, 2.45) is 5.92 Å². The van der Waals surface area contributed by atoms with Gasteiger partial charge in [0.1, 0.15) is 5.78 Å². The van der Waals surface area contributed by atoms with E-state index in [2.05, 4.69) is 18.0 Å². The first-order valence-electron chi connectivity index (χ1n) is 6.49. The minimum absolute atomic E-state index is 0.431. The highest BCUT2D eigenvalue weighted by Crippen LogP contribution is 2.30. The molecule has 0 aliphatic heterocycles. The molecule has 0 spiro atoms. The van der Waals surface area contributed by atoms with Crippen LogP contribution >= 0.6 is 0 Å². The molecule has 1 atom stereocenters. The number of Topliss-reactive ketones (excluding diaryl/α,β-unsaturated/α-hetero) is 1. The summed E-state index contributed by atoms with van der Waals surface area (Å²) >= 11 is 0. The third-order valence-corrected chi connectivity index (χ3v) is 3.15. The van der Waals surface area contributed by atoms with Gasteiger partial charge >= 0.3 is 0 Å². The first-order chi connectivity index (χ1) is 7.61. The number of nitrogens with zero attached hydrogens (tertiary/aromatic N) is 1. The fourth-order valence-corrected chi connectivity index (χ4v) is 2.51. The smallest absolute Gasteiger partial charge is 0.137 e. The summed E-state index contributed by atoms with van der Waals surface area (Å²) in [4.78, 5) is 13.7. The number of allylic oxidation sites excluding steroid dienone is 1. The Morgan fingerprint density at radius 1 is 1.31 bits per heavy atom. The van der Waals surface area contributed by atoms with Gasteiger partial charge in [-0.15, -0.1) is 0 Å². The predicted octanol–water partition coefficient (Wildman–Crippen LogP) is 3.38. The second-order valence-corrected chi connectivity index (χ2v) is 5.24. The highest BCUT2D eigenvalue weighted by atomic mass is 16.1. The van der Waals surface area contributed by atoms with Gasteiger partial charge in [0.25, 0.3) is 0 Å². The van der Waals surface area contributed by atoms with Gasteiger partial charge < -0.3 is 4.90 Å². The van der Waals surface area contributed by atoms with Crippen molar-refractivity contribution < 1.29 is 4.79 Å². The number of unbranched alkanes of at least 4 members (excludes halogenated alkanes) is 2. The lowest BCUT2D eigenvalue weighted by Crippen LogP contribution is -2.18. The lowest BCUT2D eigenvalue weighted by molar-refractivity contribution is -0.120. The summed E-state index contributed by atoms with van der Waals surface area (Å²) in [5.41, 5.74) is 1.32. The van der Waals surface area contributed by atoms with E-state index in [1.165, 1.54) is 31.3 Å². The fourth-order valence-electron chi connectivity index (χ4n) is 2.51. The van der Waals surface area contributed by atoms with Crippen molar-refractivity contribution in [3.05, 3.63) is 11.8 Å². The molecule has 1 fully saturated rings. The van der Waals surface area contributed by atoms with Gasteiger partial charge in [0.15, 0.2) is 0 Å². The van der Waals surface area contributed by atoms with Gasteiger partial charge in [0, 0.05) is 26.9 Å². The van der Waals surface area contributed by atoms with Gasteiger partial charge in [0.2, 0.25) is 0 Å². The lowest BCUT2D eigenvalue weighted by atomic mass is 9.82. The molecule has 2 nitrogen and oxygen atoms in total. The molecule has 0 N–H and O–H groups in total. The molecule has 1 saturated carbocycles. The number of rotatable bonds is 5. The Morgan fingerprint density at radius 2 is 2.06 bits per heavy atom. The van der Waals surface area contributed by atoms with Crippen LogP contribution in [0, 0.1) is 5.92 Å². The quantitative estimate of drug-likeness (QED) is 0.666. The van der Waals surface area contributed by atoms with E-state index >= 15 is 0 Å². The number of carbonyl (C=O) groups excluding carboxylic acids is 1. The lowest BCUT2D eigenvalue weighted by Gasteiger charge is -2.24. The number of hydrogen-bond acceptors (Lipinski definition) is 2. The van der Waals surface area contributed by atoms with Crippen molar-refractivity contribution in [1.82, 2.24) is 4.90 Å². The zero-order chi connectivity index (χ0) is 12.0. The van der Waals surface area contributed by atoms with E-state index in [1.54, 1.807) is 0 Å². The molecule has 0 aromatic carbocycles. The van der Waals surface area contributed by atoms with Crippen molar-refractivity contribution in [2.45, 2.75) is 51.9 Å². The summed E-state index contributed by atoms with van der Waals surface area (Å²) in [5.74, 6) is 1.04. The summed E-state index contributed by atoms with van der Waals surface area (Å²) in [6.07, 6.45) is 9.83. The van der Waals surface area contributed by atoms with Gasteiger partial charge in [-0.2, -0.15) is 0 Å². The minimum atomic E-state index is 0.431. The molecule has 1 aliphatic rings. The molecule has 0 radical (unpaired) electrons. The van der Waals surface area contributed by atoms with Crippen LogP contribution < -0.4 is 0 Å². The summed E-state index contributed by atoms with van der Waals surface area (Å²) in [6.45, 7) is 2.23. The molecule has 92 valence electrons. The average Bonchev–Trinajstić information content (AvgIpc) is 2.16. The van der Waals surface area contributed by atoms with Gasteiger partial charge in [-0.25, -0.2) is 0 Å². The van der Waals surface area contributed by atoms with Crippen LogP contribution in [0.2, 0.25) is 0 Å². The van der Waals surface area contributed by atoms with Crippen LogP contribution in [-0.2, 0) is 4.79 Å². The molecule has 0 aromatic heterocycles. The largest absolute Gasteiger partial charge is 0.384 e. The van der Waals surface area contributed by atoms with Gasteiger partial charge in [-0.05, 0) is 30.5 Å². The Balaban J connectivity index is 2.44. The van der Waals surface area contributed by atoms with E-state index in [1.807, 2.05) is 14.1 Å². The normalized spacial score (nSPS) is 23.8. The molecule has 16 heavy (non-hydrogen) atoms. The highest BCUT2D eigenvalue weighted by molar-refractivity contribution is 5.82. The van der Waals surface area contributed by atoms with Crippen LogP contribution in [-0.4, -0.2) is 24.8 Å². The molecule has 0 saturated heterocycles. The maximum Gasteiger partial charge on any atom is 0.137 e. The first-order valence-corrected chi connectivity index (χ1v) is 6.49. The third kappa shape index (κ3) is 4.82. The summed E-state index contributed by atoms with van der Waals surface area (Å²) in [5, 5.41) is 0. The standard InChI is InChI=1S/C14H25NO/c1-4-5-6-7-12-8-13(11-15(2)3)10-14(16)9-12/h11-12H,4-10H2,1-3H3. The third-order valence-electron chi connectivity index (χ3n) is 3.15. The maximum absolute atomic E-state index is 11.6. The Labute approximate surface area is 99.7 Å². The predicted molar refractivity (Wildman–Crippen MR) is 68.3 cm³/mol. The number of hydrogen-bond donors (Lipinski definition) is 0. The second-order valence-electron chi connectivity index (χ2n) is 5.24. The van der Waals surface area contributed by atoms with Crippen molar-refractivity contribution >= 4 is 5.78 Å². The number of carbonyl (C=O) groups is 1. The van der Waals surface area contributed by atoms with E-state index < -0.39 is 0 Å². The van der Waals surface area contributed by atoms with Crippen LogP contribution in [0.5, 0.6) is 0 Å². The van der Waals surface area contributed by atoms with E-state index in [-0.39, 0.29) is 0 Å². The van der Waals surface area contributed by atoms with E-state index in [9.17, 15) is 4.79 Å². The Hall–Kier alpha value is -0.790. The first kappa shape index (κ1) is 13.3. The van der Waals surface area contributed by atoms with Gasteiger partial charge in [-0.1, -0.05) is 26.2 Å². The summed E-state index contributed by atoms with van der Waals surface area (Å²) in [6, 6.07) is 0. The molecular weight excluding hydrogens is 198 g/mol. The number of ketones is 1. The SMILES string of the molecule is CCCCCC1CC(=O)CC(=CN(C)C)C1. The molecular formula is C14H25NO. The van der Waals surface area contributed by atoms with E-state index in [4.69, 9.17) is 0 Å². The molecule has 1 rings (SSSR count). The van der Waals surface area contributed by atoms with Crippen LogP contribution in [0.3, 0.4) is 0 Å². The van der Waals surface area contributed by atoms with Gasteiger partial charge in [-0.3, -0.25) is 4.79 Å². The monoisotopic (exact) mass is 223 g/mol. The Morgan fingerprint density at radius 3 is 2.69 bits per heavy atom. The molecule has 2 heteroatoms. The van der Waals surface area contributed by atoms with Crippen LogP contribution in [0.25, 0.3) is 0 Å². The molecule has 1 aliphatic carbocycles. The van der Waals surface area contributed by atoms with Crippen molar-refractivity contribution in [2.75, 3.05) is 14.1 Å². The zero-order valence-corrected chi connectivity index (χ0v) is 11.0. The topological polar surface area (TPSA) is 20.3 Å². The van der Waals surface area contributed by atoms with Gasteiger partial charge in [0.05, 0.1) is 0 Å². The molecule has 1 unspecified atom stereocenters. The molecule has 0 bridgehead atoms. The minimum Gasteiger partial charge on any atom is -0.384 e. The average molecular weight is 223 g/mol. The summed E-state index contributed by atoms with van der Waals surface area (Å²) in [7, 11) is 4.05. The van der Waals surface area contributed by atoms with Crippen molar-refractivity contribution in [3.63, 3.8) is 0 Å². The maximum atomic E-state index is 11.6. The Bertz CT molecular complexity index is 255. The second kappa shape index (κ2) is 6.72. The van der Waals surface area contributed by atoms with E-state index in [0.717, 1.165) is 12.8 Å². The van der Waals surface area contributed by atoms with Crippen LogP contribution in [0.1, 0.15) is 51.9 Å². The van der Waals surface area contributed by atoms with Crippen molar-refractivity contribution in [1.29, 1.82) is 0 Å². The van der Waals surface area contributed by atoms with Crippen LogP contribution in [0.15, 0.2) is 11.8 Å². The Kier molecular flexibility index (Phi) is 5.58. The van der Waals surface area contributed by atoms with Crippen LogP contribution in [0.4, 0.5) is 0 Å². The molecule has 0 aromatic rings. The molecule has 0 heterocycles. The van der Waals surface area contributed by atoms with E-state index in [0.29, 0.717) is 18.1 Å². The fraction of sp³-hybridized carbons (Fsp3) is 0.786.